The minimum atomic E-state index is 0.190. The zero-order chi connectivity index (χ0) is 12.0. The molecule has 0 aliphatic heterocycles. The molecule has 1 aliphatic rings. The summed E-state index contributed by atoms with van der Waals surface area (Å²) in [7, 11) is 0. The maximum Gasteiger partial charge on any atom is 0.0650 e. The van der Waals surface area contributed by atoms with Crippen LogP contribution in [-0.4, -0.2) is 13.2 Å². The van der Waals surface area contributed by atoms with E-state index in [4.69, 9.17) is 10.00 Å². The number of nitrogens with zero attached hydrogens (tertiary/aromatic N) is 1. The van der Waals surface area contributed by atoms with Gasteiger partial charge in [-0.05, 0) is 18.4 Å². The first kappa shape index (κ1) is 11.9. The van der Waals surface area contributed by atoms with E-state index >= 15 is 0 Å². The van der Waals surface area contributed by atoms with Crippen molar-refractivity contribution in [3.63, 3.8) is 0 Å². The molecule has 0 bridgehead atoms. The van der Waals surface area contributed by atoms with Gasteiger partial charge in [0.15, 0.2) is 0 Å². The minimum absolute atomic E-state index is 0.190. The lowest BCUT2D eigenvalue weighted by molar-refractivity contribution is 0.114. The number of rotatable bonds is 6. The second-order valence-electron chi connectivity index (χ2n) is 4.66. The second-order valence-corrected chi connectivity index (χ2v) is 4.66. The highest BCUT2D eigenvalue weighted by molar-refractivity contribution is 5.48. The number of nitriles is 1. The molecule has 0 spiro atoms. The Kier molecular flexibility index (Phi) is 3.95. The van der Waals surface area contributed by atoms with E-state index in [9.17, 15) is 0 Å². The lowest BCUT2D eigenvalue weighted by atomic mass is 10.1. The van der Waals surface area contributed by atoms with Gasteiger partial charge in [-0.2, -0.15) is 5.26 Å². The molecule has 2 heteroatoms. The maximum atomic E-state index is 8.67. The third-order valence-electron chi connectivity index (χ3n) is 3.14. The van der Waals surface area contributed by atoms with E-state index in [1.807, 2.05) is 24.3 Å². The Bertz CT molecular complexity index is 412. The van der Waals surface area contributed by atoms with Gasteiger partial charge >= 0.3 is 0 Å². The topological polar surface area (TPSA) is 33.0 Å². The van der Waals surface area contributed by atoms with E-state index in [-0.39, 0.29) is 5.41 Å². The lowest BCUT2D eigenvalue weighted by Crippen LogP contribution is -2.09. The minimum Gasteiger partial charge on any atom is -0.377 e. The molecule has 0 atom stereocenters. The summed E-state index contributed by atoms with van der Waals surface area (Å²) in [5.74, 6) is 0. The Morgan fingerprint density at radius 3 is 2.71 bits per heavy atom. The fraction of sp³-hybridized carbons (Fsp3) is 0.400. The Morgan fingerprint density at radius 1 is 1.29 bits per heavy atom. The molecule has 0 amide bonds. The molecule has 0 radical (unpaired) electrons. The molecule has 1 aromatic carbocycles. The van der Waals surface area contributed by atoms with Gasteiger partial charge in [0.25, 0.3) is 0 Å². The first-order valence-electron chi connectivity index (χ1n) is 6.01. The second kappa shape index (κ2) is 5.65. The average Bonchev–Trinajstić information content (AvgIpc) is 3.11. The average molecular weight is 227 g/mol. The fourth-order valence-electron chi connectivity index (χ4n) is 1.81. The molecular formula is C15H17NO. The van der Waals surface area contributed by atoms with Crippen LogP contribution in [0.25, 0.3) is 6.08 Å². The van der Waals surface area contributed by atoms with E-state index < -0.39 is 0 Å². The molecule has 2 nitrogen and oxygen atoms in total. The zero-order valence-corrected chi connectivity index (χ0v) is 9.93. The van der Waals surface area contributed by atoms with Crippen molar-refractivity contribution in [2.24, 2.45) is 5.41 Å². The third kappa shape index (κ3) is 3.72. The normalized spacial score (nSPS) is 16.9. The number of ether oxygens (including phenoxy) is 1. The standard InChI is InChI=1S/C15H17NO/c16-11-10-15(8-9-15)13-17-12-4-7-14-5-2-1-3-6-14/h1-7H,8-10,12-13H2. The van der Waals surface area contributed by atoms with Gasteiger partial charge in [0.05, 0.1) is 19.3 Å². The molecule has 1 fully saturated rings. The number of hydrogen-bond acceptors (Lipinski definition) is 2. The van der Waals surface area contributed by atoms with Crippen molar-refractivity contribution < 1.29 is 4.74 Å². The van der Waals surface area contributed by atoms with Gasteiger partial charge in [-0.15, -0.1) is 0 Å². The Labute approximate surface area is 103 Å². The molecule has 88 valence electrons. The van der Waals surface area contributed by atoms with Crippen molar-refractivity contribution in [1.29, 1.82) is 5.26 Å². The van der Waals surface area contributed by atoms with Gasteiger partial charge in [0.1, 0.15) is 0 Å². The van der Waals surface area contributed by atoms with Crippen LogP contribution < -0.4 is 0 Å². The molecule has 1 saturated carbocycles. The van der Waals surface area contributed by atoms with Crippen molar-refractivity contribution in [3.05, 3.63) is 42.0 Å². The molecule has 17 heavy (non-hydrogen) atoms. The van der Waals surface area contributed by atoms with Gasteiger partial charge in [-0.3, -0.25) is 0 Å². The summed E-state index contributed by atoms with van der Waals surface area (Å²) in [6.07, 6.45) is 7.00. The van der Waals surface area contributed by atoms with Gasteiger partial charge < -0.3 is 4.74 Å². The van der Waals surface area contributed by atoms with Gasteiger partial charge in [-0.25, -0.2) is 0 Å². The van der Waals surface area contributed by atoms with Crippen LogP contribution in [-0.2, 0) is 4.74 Å². The third-order valence-corrected chi connectivity index (χ3v) is 3.14. The highest BCUT2D eigenvalue weighted by Gasteiger charge is 2.42. The molecule has 0 saturated heterocycles. The van der Waals surface area contributed by atoms with Crippen molar-refractivity contribution in [2.75, 3.05) is 13.2 Å². The van der Waals surface area contributed by atoms with Crippen molar-refractivity contribution >= 4 is 6.08 Å². The van der Waals surface area contributed by atoms with Gasteiger partial charge in [0, 0.05) is 11.8 Å². The first-order chi connectivity index (χ1) is 8.35. The van der Waals surface area contributed by atoms with Crippen molar-refractivity contribution in [1.82, 2.24) is 0 Å². The quantitative estimate of drug-likeness (QED) is 0.698. The fourth-order valence-corrected chi connectivity index (χ4v) is 1.81. The summed E-state index contributed by atoms with van der Waals surface area (Å²) in [4.78, 5) is 0. The Morgan fingerprint density at radius 2 is 2.06 bits per heavy atom. The SMILES string of the molecule is N#CCC1(COCC=Cc2ccccc2)CC1. The Balaban J connectivity index is 1.67. The van der Waals surface area contributed by atoms with E-state index in [0.29, 0.717) is 13.0 Å². The van der Waals surface area contributed by atoms with E-state index in [1.165, 1.54) is 5.56 Å². The largest absolute Gasteiger partial charge is 0.377 e. The summed E-state index contributed by atoms with van der Waals surface area (Å²) in [5.41, 5.74) is 1.38. The van der Waals surface area contributed by atoms with Gasteiger partial charge in [0.2, 0.25) is 0 Å². The molecule has 1 aliphatic carbocycles. The van der Waals surface area contributed by atoms with Crippen LogP contribution in [0.15, 0.2) is 36.4 Å². The molecule has 0 N–H and O–H groups in total. The van der Waals surface area contributed by atoms with Crippen LogP contribution in [0.5, 0.6) is 0 Å². The predicted octanol–water partition coefficient (Wildman–Crippen LogP) is 3.41. The van der Waals surface area contributed by atoms with E-state index in [0.717, 1.165) is 19.4 Å². The summed E-state index contributed by atoms with van der Waals surface area (Å²) in [5, 5.41) is 8.67. The molecular weight excluding hydrogens is 210 g/mol. The highest BCUT2D eigenvalue weighted by atomic mass is 16.5. The smallest absolute Gasteiger partial charge is 0.0650 e. The van der Waals surface area contributed by atoms with Crippen LogP contribution in [0.4, 0.5) is 0 Å². The van der Waals surface area contributed by atoms with Crippen LogP contribution in [0.3, 0.4) is 0 Å². The number of hydrogen-bond donors (Lipinski definition) is 0. The van der Waals surface area contributed by atoms with Gasteiger partial charge in [-0.1, -0.05) is 42.5 Å². The van der Waals surface area contributed by atoms with Crippen LogP contribution in [0.1, 0.15) is 24.8 Å². The number of benzene rings is 1. The predicted molar refractivity (Wildman–Crippen MR) is 68.2 cm³/mol. The van der Waals surface area contributed by atoms with E-state index in [1.54, 1.807) is 0 Å². The van der Waals surface area contributed by atoms with Crippen LogP contribution in [0.2, 0.25) is 0 Å². The molecule has 2 rings (SSSR count). The van der Waals surface area contributed by atoms with E-state index in [2.05, 4.69) is 24.3 Å². The maximum absolute atomic E-state index is 8.67. The van der Waals surface area contributed by atoms with Crippen LogP contribution >= 0.6 is 0 Å². The Hall–Kier alpha value is -1.59. The summed E-state index contributed by atoms with van der Waals surface area (Å²) in [6, 6.07) is 12.4. The molecule has 1 aromatic rings. The van der Waals surface area contributed by atoms with Crippen molar-refractivity contribution in [2.45, 2.75) is 19.3 Å². The lowest BCUT2D eigenvalue weighted by Gasteiger charge is -2.09. The monoisotopic (exact) mass is 227 g/mol. The summed E-state index contributed by atoms with van der Waals surface area (Å²) < 4.78 is 5.60. The first-order valence-corrected chi connectivity index (χ1v) is 6.01. The highest BCUT2D eigenvalue weighted by Crippen LogP contribution is 2.48. The zero-order valence-electron chi connectivity index (χ0n) is 9.93. The summed E-state index contributed by atoms with van der Waals surface area (Å²) >= 11 is 0. The molecule has 0 aromatic heterocycles. The molecule has 0 unspecified atom stereocenters. The van der Waals surface area contributed by atoms with Crippen molar-refractivity contribution in [3.8, 4) is 6.07 Å². The van der Waals surface area contributed by atoms with Crippen LogP contribution in [0, 0.1) is 16.7 Å². The molecule has 0 heterocycles. The summed E-state index contributed by atoms with van der Waals surface area (Å²) in [6.45, 7) is 1.35.